The molecule has 0 heterocycles. The first-order valence-electron chi connectivity index (χ1n) is 3.39. The molecule has 0 rings (SSSR count). The summed E-state index contributed by atoms with van der Waals surface area (Å²) < 4.78 is 0. The van der Waals surface area contributed by atoms with Crippen LogP contribution < -0.4 is 5.48 Å². The molecule has 11 heavy (non-hydrogen) atoms. The Morgan fingerprint density at radius 3 is 2.73 bits per heavy atom. The second-order valence-corrected chi connectivity index (χ2v) is 2.11. The molecule has 0 bridgehead atoms. The number of aliphatic hydroxyl groups excluding tert-OH is 1. The Balaban J connectivity index is 3.61. The van der Waals surface area contributed by atoms with Crippen LogP contribution in [-0.4, -0.2) is 17.3 Å². The zero-order valence-electron chi connectivity index (χ0n) is 6.76. The summed E-state index contributed by atoms with van der Waals surface area (Å²) in [4.78, 5) is 15.3. The maximum atomic E-state index is 10.8. The fourth-order valence-electron chi connectivity index (χ4n) is 0.372. The number of hydrogen-bond donors (Lipinski definition) is 2. The van der Waals surface area contributed by atoms with Crippen LogP contribution in [0.5, 0.6) is 0 Å². The lowest BCUT2D eigenvalue weighted by Crippen LogP contribution is -2.28. The Kier molecular flexibility index (Phi) is 4.49. The van der Waals surface area contributed by atoms with Crippen LogP contribution in [0, 0.1) is 0 Å². The van der Waals surface area contributed by atoms with Crippen molar-refractivity contribution in [2.24, 2.45) is 0 Å². The zero-order chi connectivity index (χ0) is 8.85. The summed E-state index contributed by atoms with van der Waals surface area (Å²) in [6.07, 6.45) is -0.432. The smallest absolute Gasteiger partial charge is 0.270 e. The van der Waals surface area contributed by atoms with E-state index in [4.69, 9.17) is 5.11 Å². The lowest BCUT2D eigenvalue weighted by atomic mass is 10.2. The van der Waals surface area contributed by atoms with E-state index in [9.17, 15) is 4.79 Å². The fourth-order valence-corrected chi connectivity index (χ4v) is 0.372. The monoisotopic (exact) mass is 159 g/mol. The van der Waals surface area contributed by atoms with Crippen LogP contribution in [0.25, 0.3) is 0 Å². The molecule has 2 N–H and O–H groups in total. The molecular formula is C7H13NO3. The predicted molar refractivity (Wildman–Crippen MR) is 40.3 cm³/mol. The number of carbonyl (C=O) groups is 1. The SMILES string of the molecule is C=C(CC)C(=O)NOC(C)O. The topological polar surface area (TPSA) is 58.6 Å². The van der Waals surface area contributed by atoms with Crippen molar-refractivity contribution in [3.63, 3.8) is 0 Å². The molecule has 0 aromatic rings. The Labute approximate surface area is 65.8 Å². The van der Waals surface area contributed by atoms with E-state index in [1.807, 2.05) is 12.4 Å². The molecule has 0 spiro atoms. The van der Waals surface area contributed by atoms with Crippen LogP contribution in [0.4, 0.5) is 0 Å². The first kappa shape index (κ1) is 10.1. The summed E-state index contributed by atoms with van der Waals surface area (Å²) >= 11 is 0. The second kappa shape index (κ2) is 4.87. The minimum Gasteiger partial charge on any atom is -0.366 e. The van der Waals surface area contributed by atoms with E-state index >= 15 is 0 Å². The quantitative estimate of drug-likeness (QED) is 0.353. The van der Waals surface area contributed by atoms with Gasteiger partial charge in [0.1, 0.15) is 0 Å². The first-order valence-corrected chi connectivity index (χ1v) is 3.39. The van der Waals surface area contributed by atoms with Gasteiger partial charge < -0.3 is 5.11 Å². The Morgan fingerprint density at radius 1 is 1.82 bits per heavy atom. The number of hydrogen-bond acceptors (Lipinski definition) is 3. The molecule has 4 nitrogen and oxygen atoms in total. The van der Waals surface area contributed by atoms with Crippen LogP contribution in [0.2, 0.25) is 0 Å². The first-order chi connectivity index (χ1) is 5.07. The number of amides is 1. The molecule has 0 fully saturated rings. The highest BCUT2D eigenvalue weighted by molar-refractivity contribution is 5.91. The van der Waals surface area contributed by atoms with E-state index in [0.717, 1.165) is 0 Å². The summed E-state index contributed by atoms with van der Waals surface area (Å²) in [5.41, 5.74) is 2.47. The third-order valence-electron chi connectivity index (χ3n) is 1.07. The van der Waals surface area contributed by atoms with Gasteiger partial charge in [0.25, 0.3) is 5.91 Å². The van der Waals surface area contributed by atoms with E-state index in [1.165, 1.54) is 6.92 Å². The number of rotatable bonds is 4. The van der Waals surface area contributed by atoms with Gasteiger partial charge >= 0.3 is 0 Å². The van der Waals surface area contributed by atoms with E-state index in [-0.39, 0.29) is 0 Å². The van der Waals surface area contributed by atoms with Crippen LogP contribution in [0.3, 0.4) is 0 Å². The third-order valence-corrected chi connectivity index (χ3v) is 1.07. The zero-order valence-corrected chi connectivity index (χ0v) is 6.76. The van der Waals surface area contributed by atoms with E-state index in [1.54, 1.807) is 0 Å². The van der Waals surface area contributed by atoms with Gasteiger partial charge in [0.05, 0.1) is 0 Å². The molecule has 0 aromatic carbocycles. The highest BCUT2D eigenvalue weighted by Gasteiger charge is 2.04. The van der Waals surface area contributed by atoms with Crippen LogP contribution in [0.1, 0.15) is 20.3 Å². The van der Waals surface area contributed by atoms with Crippen molar-refractivity contribution in [3.05, 3.63) is 12.2 Å². The number of aliphatic hydroxyl groups is 1. The van der Waals surface area contributed by atoms with Gasteiger partial charge in [0, 0.05) is 5.57 Å². The Hall–Kier alpha value is -0.870. The van der Waals surface area contributed by atoms with E-state index in [2.05, 4.69) is 11.4 Å². The third kappa shape index (κ3) is 4.52. The van der Waals surface area contributed by atoms with Gasteiger partial charge in [-0.15, -0.1) is 0 Å². The molecule has 0 aliphatic heterocycles. The second-order valence-electron chi connectivity index (χ2n) is 2.11. The highest BCUT2D eigenvalue weighted by atomic mass is 16.7. The maximum Gasteiger partial charge on any atom is 0.270 e. The van der Waals surface area contributed by atoms with Gasteiger partial charge in [-0.1, -0.05) is 13.5 Å². The summed E-state index contributed by atoms with van der Waals surface area (Å²) in [6, 6.07) is 0. The molecule has 0 aliphatic carbocycles. The number of carbonyl (C=O) groups excluding carboxylic acids is 1. The molecule has 0 radical (unpaired) electrons. The van der Waals surface area contributed by atoms with Gasteiger partial charge in [0.15, 0.2) is 6.29 Å². The molecular weight excluding hydrogens is 146 g/mol. The normalized spacial score (nSPS) is 12.3. The predicted octanol–water partition coefficient (Wildman–Crippen LogP) is 0.339. The van der Waals surface area contributed by atoms with Crippen LogP contribution >= 0.6 is 0 Å². The summed E-state index contributed by atoms with van der Waals surface area (Å²) in [5.74, 6) is -0.395. The largest absolute Gasteiger partial charge is 0.366 e. The van der Waals surface area contributed by atoms with Crippen molar-refractivity contribution in [2.75, 3.05) is 0 Å². The average Bonchev–Trinajstić information content (AvgIpc) is 1.98. The van der Waals surface area contributed by atoms with Crippen molar-refractivity contribution in [2.45, 2.75) is 26.6 Å². The highest BCUT2D eigenvalue weighted by Crippen LogP contribution is 1.95. The van der Waals surface area contributed by atoms with Crippen molar-refractivity contribution in [1.82, 2.24) is 5.48 Å². The molecule has 1 amide bonds. The lowest BCUT2D eigenvalue weighted by molar-refractivity contribution is -0.158. The molecule has 0 aromatic heterocycles. The molecule has 0 aliphatic rings. The molecule has 1 unspecified atom stereocenters. The van der Waals surface area contributed by atoms with E-state index in [0.29, 0.717) is 12.0 Å². The standard InChI is InChI=1S/C7H13NO3/c1-4-5(2)7(10)8-11-6(3)9/h6,9H,2,4H2,1,3H3,(H,8,10). The average molecular weight is 159 g/mol. The van der Waals surface area contributed by atoms with E-state index < -0.39 is 12.2 Å². The van der Waals surface area contributed by atoms with Crippen molar-refractivity contribution in [1.29, 1.82) is 0 Å². The minimum atomic E-state index is -0.997. The number of hydroxylamine groups is 1. The van der Waals surface area contributed by atoms with Gasteiger partial charge in [-0.2, -0.15) is 0 Å². The number of nitrogens with one attached hydrogen (secondary N) is 1. The summed E-state index contributed by atoms with van der Waals surface area (Å²) in [7, 11) is 0. The molecule has 0 saturated carbocycles. The minimum absolute atomic E-state index is 0.395. The van der Waals surface area contributed by atoms with Crippen molar-refractivity contribution < 1.29 is 14.7 Å². The van der Waals surface area contributed by atoms with Crippen LogP contribution in [0.15, 0.2) is 12.2 Å². The van der Waals surface area contributed by atoms with Crippen molar-refractivity contribution >= 4 is 5.91 Å². The van der Waals surface area contributed by atoms with Gasteiger partial charge in [-0.25, -0.2) is 10.3 Å². The molecule has 1 atom stereocenters. The van der Waals surface area contributed by atoms with Gasteiger partial charge in [-0.3, -0.25) is 4.79 Å². The van der Waals surface area contributed by atoms with Gasteiger partial charge in [0.2, 0.25) is 0 Å². The van der Waals surface area contributed by atoms with Crippen LogP contribution in [-0.2, 0) is 9.63 Å². The molecule has 4 heteroatoms. The summed E-state index contributed by atoms with van der Waals surface area (Å²) in [6.45, 7) is 6.68. The van der Waals surface area contributed by atoms with Gasteiger partial charge in [-0.05, 0) is 13.3 Å². The maximum absolute atomic E-state index is 10.8. The molecule has 64 valence electrons. The lowest BCUT2D eigenvalue weighted by Gasteiger charge is -2.07. The Morgan fingerprint density at radius 2 is 2.36 bits per heavy atom. The van der Waals surface area contributed by atoms with Crippen molar-refractivity contribution in [3.8, 4) is 0 Å². The fraction of sp³-hybridized carbons (Fsp3) is 0.571. The summed E-state index contributed by atoms with van der Waals surface area (Å²) in [5, 5.41) is 8.59. The Bertz CT molecular complexity index is 154. The molecule has 0 saturated heterocycles.